The summed E-state index contributed by atoms with van der Waals surface area (Å²) in [6, 6.07) is 10.5. The van der Waals surface area contributed by atoms with Gasteiger partial charge in [0.1, 0.15) is 0 Å². The Bertz CT molecular complexity index is 620. The van der Waals surface area contributed by atoms with Crippen molar-refractivity contribution in [2.45, 2.75) is 38.6 Å². The van der Waals surface area contributed by atoms with E-state index < -0.39 is 0 Å². The molecule has 3 rings (SSSR count). The highest BCUT2D eigenvalue weighted by Crippen LogP contribution is 2.38. The van der Waals surface area contributed by atoms with Crippen LogP contribution in [0, 0.1) is 11.8 Å². The third-order valence-corrected chi connectivity index (χ3v) is 5.35. The van der Waals surface area contributed by atoms with E-state index in [1.54, 1.807) is 0 Å². The van der Waals surface area contributed by atoms with Gasteiger partial charge in [0.2, 0.25) is 0 Å². The number of nitrogens with two attached hydrogens (primary N) is 1. The number of pyridine rings is 1. The van der Waals surface area contributed by atoms with Crippen LogP contribution in [-0.2, 0) is 0 Å². The largest absolute Gasteiger partial charge is 0.271 e. The predicted octanol–water partition coefficient (Wildman–Crippen LogP) is 4.33. The molecule has 0 aliphatic heterocycles. The summed E-state index contributed by atoms with van der Waals surface area (Å²) in [5.74, 6) is 7.28. The van der Waals surface area contributed by atoms with Crippen molar-refractivity contribution in [3.05, 3.63) is 40.5 Å². The lowest BCUT2D eigenvalue weighted by molar-refractivity contribution is 0.229. The summed E-state index contributed by atoms with van der Waals surface area (Å²) in [6.07, 6.45) is 5.01. The number of benzene rings is 1. The maximum Gasteiger partial charge on any atom is 0.0738 e. The van der Waals surface area contributed by atoms with Crippen LogP contribution in [0.2, 0.25) is 0 Å². The molecular formula is C17H22BrN3. The molecule has 1 aromatic heterocycles. The van der Waals surface area contributed by atoms with Gasteiger partial charge in [-0.05, 0) is 52.7 Å². The second-order valence-corrected chi connectivity index (χ2v) is 7.07. The molecular weight excluding hydrogens is 326 g/mol. The van der Waals surface area contributed by atoms with Gasteiger partial charge in [0.05, 0.1) is 17.3 Å². The fraction of sp³-hybridized carbons (Fsp3) is 0.471. The minimum atomic E-state index is 0.122. The Hall–Kier alpha value is -0.970. The highest BCUT2D eigenvalue weighted by Gasteiger charge is 2.28. The molecule has 3 N–H and O–H groups in total. The van der Waals surface area contributed by atoms with Crippen LogP contribution in [0.1, 0.15) is 44.3 Å². The topological polar surface area (TPSA) is 50.9 Å². The number of fused-ring (bicyclic) bond motifs is 1. The number of rotatable bonds is 3. The molecule has 0 amide bonds. The molecule has 0 saturated heterocycles. The fourth-order valence-electron chi connectivity index (χ4n) is 3.38. The molecule has 1 saturated carbocycles. The van der Waals surface area contributed by atoms with Crippen LogP contribution in [0.4, 0.5) is 0 Å². The monoisotopic (exact) mass is 347 g/mol. The Morgan fingerprint density at radius 3 is 2.67 bits per heavy atom. The van der Waals surface area contributed by atoms with Gasteiger partial charge in [0.25, 0.3) is 0 Å². The van der Waals surface area contributed by atoms with E-state index in [0.717, 1.165) is 27.0 Å². The van der Waals surface area contributed by atoms with Crippen LogP contribution in [0.25, 0.3) is 10.9 Å². The number of para-hydroxylation sites is 1. The molecule has 4 heteroatoms. The first kappa shape index (κ1) is 14.9. The zero-order valence-electron chi connectivity index (χ0n) is 12.3. The Morgan fingerprint density at radius 1 is 1.24 bits per heavy atom. The Balaban J connectivity index is 1.94. The molecule has 1 fully saturated rings. The summed E-state index contributed by atoms with van der Waals surface area (Å²) in [7, 11) is 0. The normalized spacial score (nSPS) is 24.1. The summed E-state index contributed by atoms with van der Waals surface area (Å²) >= 11 is 3.68. The van der Waals surface area contributed by atoms with Crippen LogP contribution in [-0.4, -0.2) is 4.98 Å². The molecule has 0 radical (unpaired) electrons. The van der Waals surface area contributed by atoms with Gasteiger partial charge in [-0.25, -0.2) is 4.98 Å². The van der Waals surface area contributed by atoms with E-state index in [4.69, 9.17) is 10.8 Å². The number of hydrazine groups is 1. The molecule has 0 bridgehead atoms. The molecule has 1 heterocycles. The van der Waals surface area contributed by atoms with Gasteiger partial charge < -0.3 is 0 Å². The van der Waals surface area contributed by atoms with E-state index in [2.05, 4.69) is 46.5 Å². The van der Waals surface area contributed by atoms with Crippen LogP contribution in [0.3, 0.4) is 0 Å². The lowest BCUT2D eigenvalue weighted by Crippen LogP contribution is -2.36. The smallest absolute Gasteiger partial charge is 0.0738 e. The zero-order chi connectivity index (χ0) is 14.8. The molecule has 1 aliphatic rings. The minimum Gasteiger partial charge on any atom is -0.271 e. The molecule has 3 nitrogen and oxygen atoms in total. The maximum atomic E-state index is 5.87. The first-order chi connectivity index (χ1) is 10.2. The molecule has 1 atom stereocenters. The summed E-state index contributed by atoms with van der Waals surface area (Å²) < 4.78 is 1.04. The zero-order valence-corrected chi connectivity index (χ0v) is 13.9. The Labute approximate surface area is 134 Å². The van der Waals surface area contributed by atoms with Crippen molar-refractivity contribution in [1.82, 2.24) is 10.4 Å². The van der Waals surface area contributed by atoms with Gasteiger partial charge in [-0.3, -0.25) is 11.3 Å². The van der Waals surface area contributed by atoms with Crippen LogP contribution >= 0.6 is 15.9 Å². The van der Waals surface area contributed by atoms with Crippen molar-refractivity contribution in [1.29, 1.82) is 0 Å². The molecule has 1 aromatic carbocycles. The van der Waals surface area contributed by atoms with Crippen LogP contribution in [0.15, 0.2) is 34.8 Å². The highest BCUT2D eigenvalue weighted by atomic mass is 79.9. The average Bonchev–Trinajstić information content (AvgIpc) is 2.50. The van der Waals surface area contributed by atoms with Gasteiger partial charge in [-0.2, -0.15) is 0 Å². The predicted molar refractivity (Wildman–Crippen MR) is 90.6 cm³/mol. The van der Waals surface area contributed by atoms with Crippen molar-refractivity contribution in [2.24, 2.45) is 17.7 Å². The maximum absolute atomic E-state index is 5.87. The second kappa shape index (κ2) is 6.42. The van der Waals surface area contributed by atoms with Gasteiger partial charge >= 0.3 is 0 Å². The first-order valence-electron chi connectivity index (χ1n) is 7.70. The van der Waals surface area contributed by atoms with E-state index in [9.17, 15) is 0 Å². The van der Waals surface area contributed by atoms with E-state index in [0.29, 0.717) is 5.92 Å². The van der Waals surface area contributed by atoms with Crippen LogP contribution in [0.5, 0.6) is 0 Å². The molecule has 112 valence electrons. The average molecular weight is 348 g/mol. The third-order valence-electron chi connectivity index (χ3n) is 4.71. The van der Waals surface area contributed by atoms with Crippen molar-refractivity contribution < 1.29 is 0 Å². The van der Waals surface area contributed by atoms with E-state index >= 15 is 0 Å². The summed E-state index contributed by atoms with van der Waals surface area (Å²) in [4.78, 5) is 4.85. The SMILES string of the molecule is CC1CCC(C(NN)c2nc3ccccc3cc2Br)CC1. The van der Waals surface area contributed by atoms with Gasteiger partial charge in [0, 0.05) is 9.86 Å². The standard InChI is InChI=1S/C17H22BrN3/c1-11-6-8-12(9-7-11)16(21-19)17-14(18)10-13-4-2-3-5-15(13)20-17/h2-5,10-12,16,21H,6-9,19H2,1H3. The molecule has 21 heavy (non-hydrogen) atoms. The Kier molecular flexibility index (Phi) is 4.57. The second-order valence-electron chi connectivity index (χ2n) is 6.21. The summed E-state index contributed by atoms with van der Waals surface area (Å²) in [5, 5.41) is 1.15. The minimum absolute atomic E-state index is 0.122. The van der Waals surface area contributed by atoms with E-state index in [1.165, 1.54) is 25.7 Å². The Morgan fingerprint density at radius 2 is 1.95 bits per heavy atom. The number of nitrogens with one attached hydrogen (secondary N) is 1. The number of halogens is 1. The van der Waals surface area contributed by atoms with Crippen LogP contribution < -0.4 is 11.3 Å². The third kappa shape index (κ3) is 3.12. The number of nitrogens with zero attached hydrogens (tertiary/aromatic N) is 1. The summed E-state index contributed by atoms with van der Waals surface area (Å²) in [6.45, 7) is 2.34. The fourth-order valence-corrected chi connectivity index (χ4v) is 3.96. The van der Waals surface area contributed by atoms with Crippen molar-refractivity contribution in [3.8, 4) is 0 Å². The molecule has 1 unspecified atom stereocenters. The van der Waals surface area contributed by atoms with Crippen molar-refractivity contribution >= 4 is 26.8 Å². The number of hydrogen-bond acceptors (Lipinski definition) is 3. The van der Waals surface area contributed by atoms with E-state index in [-0.39, 0.29) is 6.04 Å². The number of aromatic nitrogens is 1. The molecule has 2 aromatic rings. The van der Waals surface area contributed by atoms with Gasteiger partial charge in [-0.1, -0.05) is 38.0 Å². The first-order valence-corrected chi connectivity index (χ1v) is 8.49. The van der Waals surface area contributed by atoms with Gasteiger partial charge in [-0.15, -0.1) is 0 Å². The van der Waals surface area contributed by atoms with Crippen molar-refractivity contribution in [2.75, 3.05) is 0 Å². The summed E-state index contributed by atoms with van der Waals surface area (Å²) in [5.41, 5.74) is 5.08. The highest BCUT2D eigenvalue weighted by molar-refractivity contribution is 9.10. The van der Waals surface area contributed by atoms with E-state index in [1.807, 2.05) is 12.1 Å². The van der Waals surface area contributed by atoms with Crippen molar-refractivity contribution in [3.63, 3.8) is 0 Å². The quantitative estimate of drug-likeness (QED) is 0.641. The van der Waals surface area contributed by atoms with Gasteiger partial charge in [0.15, 0.2) is 0 Å². The number of hydrogen-bond donors (Lipinski definition) is 2. The lowest BCUT2D eigenvalue weighted by Gasteiger charge is -2.32. The molecule has 0 spiro atoms. The molecule has 1 aliphatic carbocycles. The lowest BCUT2D eigenvalue weighted by atomic mass is 9.78.